The molecule has 8 heteroatoms. The van der Waals surface area contributed by atoms with Crippen LogP contribution in [0.4, 0.5) is 0 Å². The van der Waals surface area contributed by atoms with Crippen LogP contribution < -0.4 is 5.32 Å². The van der Waals surface area contributed by atoms with Crippen LogP contribution in [0.5, 0.6) is 0 Å². The SMILES string of the molecule is CCCCCCCCn1nnnc1C(C)(OC(=O)C1CCCCC1)C(=O)NC(C)(C)C. The molecular weight excluding hydrogens is 394 g/mol. The summed E-state index contributed by atoms with van der Waals surface area (Å²) in [7, 11) is 0. The van der Waals surface area contributed by atoms with Crippen LogP contribution in [-0.4, -0.2) is 37.6 Å². The molecule has 1 amide bonds. The van der Waals surface area contributed by atoms with Crippen LogP contribution in [-0.2, 0) is 26.5 Å². The van der Waals surface area contributed by atoms with E-state index in [2.05, 4.69) is 27.8 Å². The summed E-state index contributed by atoms with van der Waals surface area (Å²) in [5, 5.41) is 15.0. The Labute approximate surface area is 186 Å². The van der Waals surface area contributed by atoms with Crippen LogP contribution in [0.15, 0.2) is 0 Å². The molecule has 1 fully saturated rings. The highest BCUT2D eigenvalue weighted by Gasteiger charge is 2.46. The lowest BCUT2D eigenvalue weighted by molar-refractivity contribution is -0.175. The molecule has 1 N–H and O–H groups in total. The fraction of sp³-hybridized carbons (Fsp3) is 0.870. The number of rotatable bonds is 11. The highest BCUT2D eigenvalue weighted by molar-refractivity contribution is 5.88. The fourth-order valence-electron chi connectivity index (χ4n) is 4.02. The number of nitrogens with zero attached hydrogens (tertiary/aromatic N) is 4. The summed E-state index contributed by atoms with van der Waals surface area (Å²) < 4.78 is 7.54. The molecule has 1 unspecified atom stereocenters. The largest absolute Gasteiger partial charge is 0.441 e. The number of nitrogens with one attached hydrogen (secondary N) is 1. The standard InChI is InChI=1S/C23H41N5O3/c1-6-7-8-9-10-14-17-28-20(25-26-27-28)23(5,21(30)24-22(2,3)4)31-19(29)18-15-12-11-13-16-18/h18H,6-17H2,1-5H3,(H,24,30). The van der Waals surface area contributed by atoms with Gasteiger partial charge in [0.1, 0.15) is 0 Å². The number of ether oxygens (including phenoxy) is 1. The van der Waals surface area contributed by atoms with Gasteiger partial charge in [0, 0.05) is 12.1 Å². The van der Waals surface area contributed by atoms with Gasteiger partial charge in [0.15, 0.2) is 0 Å². The van der Waals surface area contributed by atoms with Gasteiger partial charge in [0.2, 0.25) is 11.4 Å². The fourth-order valence-corrected chi connectivity index (χ4v) is 4.02. The highest BCUT2D eigenvalue weighted by atomic mass is 16.6. The number of amides is 1. The Hall–Kier alpha value is -1.99. The second-order valence-corrected chi connectivity index (χ2v) is 9.99. The first-order valence-corrected chi connectivity index (χ1v) is 12.0. The van der Waals surface area contributed by atoms with Gasteiger partial charge in [-0.15, -0.1) is 5.10 Å². The smallest absolute Gasteiger partial charge is 0.310 e. The van der Waals surface area contributed by atoms with Gasteiger partial charge in [-0.05, 0) is 57.4 Å². The molecule has 0 aromatic carbocycles. The predicted octanol–water partition coefficient (Wildman–Crippen LogP) is 4.29. The minimum absolute atomic E-state index is 0.168. The summed E-state index contributed by atoms with van der Waals surface area (Å²) in [6.07, 6.45) is 11.6. The zero-order chi connectivity index (χ0) is 22.9. The van der Waals surface area contributed by atoms with Crippen molar-refractivity contribution in [1.29, 1.82) is 0 Å². The first kappa shape index (κ1) is 25.3. The molecule has 1 saturated carbocycles. The van der Waals surface area contributed by atoms with Crippen molar-refractivity contribution < 1.29 is 14.3 Å². The van der Waals surface area contributed by atoms with Crippen LogP contribution in [0.3, 0.4) is 0 Å². The second-order valence-electron chi connectivity index (χ2n) is 9.99. The molecule has 8 nitrogen and oxygen atoms in total. The number of aromatic nitrogens is 4. The summed E-state index contributed by atoms with van der Waals surface area (Å²) in [5.41, 5.74) is -2.05. The van der Waals surface area contributed by atoms with E-state index in [0.717, 1.165) is 44.9 Å². The van der Waals surface area contributed by atoms with Crippen molar-refractivity contribution in [1.82, 2.24) is 25.5 Å². The lowest BCUT2D eigenvalue weighted by atomic mass is 9.89. The molecule has 0 radical (unpaired) electrons. The van der Waals surface area contributed by atoms with Crippen molar-refractivity contribution in [2.45, 2.75) is 123 Å². The topological polar surface area (TPSA) is 99.0 Å². The van der Waals surface area contributed by atoms with Gasteiger partial charge < -0.3 is 10.1 Å². The monoisotopic (exact) mass is 435 g/mol. The minimum atomic E-state index is -1.58. The zero-order valence-electron chi connectivity index (χ0n) is 20.1. The number of carbonyl (C=O) groups excluding carboxylic acids is 2. The van der Waals surface area contributed by atoms with Crippen molar-refractivity contribution in [3.63, 3.8) is 0 Å². The van der Waals surface area contributed by atoms with E-state index in [0.29, 0.717) is 6.54 Å². The van der Waals surface area contributed by atoms with Gasteiger partial charge in [-0.1, -0.05) is 58.3 Å². The number of aryl methyl sites for hydroxylation is 1. The molecule has 2 rings (SSSR count). The molecule has 0 aliphatic heterocycles. The molecule has 0 spiro atoms. The maximum absolute atomic E-state index is 13.3. The Bertz CT molecular complexity index is 706. The maximum atomic E-state index is 13.3. The van der Waals surface area contributed by atoms with E-state index in [4.69, 9.17) is 4.74 Å². The molecule has 31 heavy (non-hydrogen) atoms. The maximum Gasteiger partial charge on any atom is 0.310 e. The van der Waals surface area contributed by atoms with Crippen LogP contribution in [0.2, 0.25) is 0 Å². The lowest BCUT2D eigenvalue weighted by Gasteiger charge is -2.32. The Morgan fingerprint density at radius 3 is 2.32 bits per heavy atom. The van der Waals surface area contributed by atoms with Crippen LogP contribution in [0.1, 0.15) is 111 Å². The van der Waals surface area contributed by atoms with Gasteiger partial charge in [-0.3, -0.25) is 9.59 Å². The molecule has 176 valence electrons. The third-order valence-electron chi connectivity index (χ3n) is 5.85. The summed E-state index contributed by atoms with van der Waals surface area (Å²) in [4.78, 5) is 26.3. The third kappa shape index (κ3) is 7.58. The van der Waals surface area contributed by atoms with Gasteiger partial charge >= 0.3 is 5.97 Å². The van der Waals surface area contributed by atoms with Gasteiger partial charge in [-0.25, -0.2) is 4.68 Å². The average Bonchev–Trinajstić information content (AvgIpc) is 3.19. The van der Waals surface area contributed by atoms with Crippen LogP contribution >= 0.6 is 0 Å². The van der Waals surface area contributed by atoms with E-state index >= 15 is 0 Å². The molecule has 0 saturated heterocycles. The van der Waals surface area contributed by atoms with Crippen LogP contribution in [0.25, 0.3) is 0 Å². The van der Waals surface area contributed by atoms with E-state index in [1.165, 1.54) is 25.7 Å². The number of unbranched alkanes of at least 4 members (excludes halogenated alkanes) is 5. The van der Waals surface area contributed by atoms with E-state index < -0.39 is 17.0 Å². The quantitative estimate of drug-likeness (QED) is 0.411. The van der Waals surface area contributed by atoms with E-state index in [9.17, 15) is 9.59 Å². The first-order chi connectivity index (χ1) is 14.7. The number of esters is 1. The van der Waals surface area contributed by atoms with Gasteiger partial charge in [0.05, 0.1) is 5.92 Å². The molecule has 1 heterocycles. The van der Waals surface area contributed by atoms with Crippen molar-refractivity contribution >= 4 is 11.9 Å². The Kier molecular flexibility index (Phi) is 9.44. The number of carbonyl (C=O) groups is 2. The van der Waals surface area contributed by atoms with Gasteiger partial charge in [-0.2, -0.15) is 0 Å². The molecule has 1 aromatic rings. The van der Waals surface area contributed by atoms with Crippen LogP contribution in [0, 0.1) is 5.92 Å². The van der Waals surface area contributed by atoms with Crippen molar-refractivity contribution in [3.8, 4) is 0 Å². The number of hydrogen-bond acceptors (Lipinski definition) is 6. The molecule has 1 aliphatic rings. The summed E-state index contributed by atoms with van der Waals surface area (Å²) in [6.45, 7) is 10.1. The molecule has 1 atom stereocenters. The minimum Gasteiger partial charge on any atom is -0.441 e. The molecule has 1 aromatic heterocycles. The molecule has 1 aliphatic carbocycles. The van der Waals surface area contributed by atoms with E-state index in [1.807, 2.05) is 20.8 Å². The highest BCUT2D eigenvalue weighted by Crippen LogP contribution is 2.31. The number of tetrazole rings is 1. The Balaban J connectivity index is 2.17. The third-order valence-corrected chi connectivity index (χ3v) is 5.85. The summed E-state index contributed by atoms with van der Waals surface area (Å²) >= 11 is 0. The average molecular weight is 436 g/mol. The number of hydrogen-bond donors (Lipinski definition) is 1. The Morgan fingerprint density at radius 2 is 1.68 bits per heavy atom. The van der Waals surface area contributed by atoms with E-state index in [1.54, 1.807) is 11.6 Å². The van der Waals surface area contributed by atoms with E-state index in [-0.39, 0.29) is 17.7 Å². The second kappa shape index (κ2) is 11.6. The van der Waals surface area contributed by atoms with Gasteiger partial charge in [0.25, 0.3) is 5.91 Å². The molecular formula is C23H41N5O3. The zero-order valence-corrected chi connectivity index (χ0v) is 20.1. The summed E-state index contributed by atoms with van der Waals surface area (Å²) in [5.74, 6) is -0.617. The normalized spacial score (nSPS) is 17.2. The van der Waals surface area contributed by atoms with Crippen molar-refractivity contribution in [2.75, 3.05) is 0 Å². The van der Waals surface area contributed by atoms with Crippen molar-refractivity contribution in [2.24, 2.45) is 5.92 Å². The first-order valence-electron chi connectivity index (χ1n) is 12.0. The van der Waals surface area contributed by atoms with Crippen molar-refractivity contribution in [3.05, 3.63) is 5.82 Å². The molecule has 0 bridgehead atoms. The lowest BCUT2D eigenvalue weighted by Crippen LogP contribution is -2.53. The Morgan fingerprint density at radius 1 is 1.03 bits per heavy atom. The summed E-state index contributed by atoms with van der Waals surface area (Å²) in [6, 6.07) is 0. The predicted molar refractivity (Wildman–Crippen MR) is 119 cm³/mol.